The first-order chi connectivity index (χ1) is 8.20. The van der Waals surface area contributed by atoms with Crippen molar-refractivity contribution >= 4 is 30.9 Å². The summed E-state index contributed by atoms with van der Waals surface area (Å²) in [5.41, 5.74) is 1.25. The highest BCUT2D eigenvalue weighted by molar-refractivity contribution is 7.99. The molecule has 5 heteroatoms. The molecule has 1 fully saturated rings. The van der Waals surface area contributed by atoms with Crippen molar-refractivity contribution in [3.63, 3.8) is 0 Å². The molecule has 1 aliphatic rings. The second-order valence-electron chi connectivity index (χ2n) is 4.07. The Morgan fingerprint density at radius 3 is 2.12 bits per heavy atom. The van der Waals surface area contributed by atoms with E-state index in [4.69, 9.17) is 4.74 Å². The van der Waals surface area contributed by atoms with E-state index in [0.29, 0.717) is 0 Å². The Hall–Kier alpha value is -0.520. The highest BCUT2D eigenvalue weighted by Crippen LogP contribution is 2.21. The van der Waals surface area contributed by atoms with Gasteiger partial charge in [0.2, 0.25) is 0 Å². The number of rotatable bonds is 3. The molecule has 1 aromatic carbocycles. The van der Waals surface area contributed by atoms with Crippen LogP contribution in [0.4, 0.5) is 5.69 Å². The summed E-state index contributed by atoms with van der Waals surface area (Å²) in [6.07, 6.45) is 0. The van der Waals surface area contributed by atoms with Gasteiger partial charge < -0.3 is 9.64 Å². The quantitative estimate of drug-likeness (QED) is 0.645. The fourth-order valence-corrected chi connectivity index (χ4v) is 2.47. The number of piperazine rings is 1. The molecule has 0 bridgehead atoms. The maximum atomic E-state index is 5.16. The van der Waals surface area contributed by atoms with Crippen molar-refractivity contribution in [3.05, 3.63) is 24.3 Å². The molecule has 0 saturated carbocycles. The van der Waals surface area contributed by atoms with Gasteiger partial charge in [0.15, 0.2) is 0 Å². The molecule has 0 radical (unpaired) electrons. The monoisotopic (exact) mass is 270 g/mol. The molecule has 0 atom stereocenters. The summed E-state index contributed by atoms with van der Waals surface area (Å²) in [5, 5.41) is 0. The number of nitrogens with zero attached hydrogens (tertiary/aromatic N) is 2. The van der Waals surface area contributed by atoms with Crippen LogP contribution < -0.4 is 9.64 Å². The molecule has 1 saturated heterocycles. The van der Waals surface area contributed by atoms with E-state index >= 15 is 0 Å². The fraction of sp³-hybridized carbons (Fsp3) is 0.500. The van der Waals surface area contributed by atoms with Gasteiger partial charge in [0.1, 0.15) is 5.75 Å². The normalized spacial score (nSPS) is 17.5. The molecule has 2 rings (SSSR count). The van der Waals surface area contributed by atoms with E-state index in [0.717, 1.165) is 31.9 Å². The highest BCUT2D eigenvalue weighted by Gasteiger charge is 2.19. The summed E-state index contributed by atoms with van der Waals surface area (Å²) >= 11 is 8.68. The van der Waals surface area contributed by atoms with Gasteiger partial charge in [0.25, 0.3) is 0 Å². The average molecular weight is 270 g/mol. The minimum atomic E-state index is 0.0491. The summed E-state index contributed by atoms with van der Waals surface area (Å²) in [4.78, 5) is 4.63. The third-order valence-corrected chi connectivity index (χ3v) is 3.73. The van der Waals surface area contributed by atoms with E-state index in [1.54, 1.807) is 7.11 Å². The molecule has 0 aromatic heterocycles. The van der Waals surface area contributed by atoms with Gasteiger partial charge in [-0.15, -0.1) is 25.3 Å². The van der Waals surface area contributed by atoms with E-state index in [9.17, 15) is 0 Å². The number of benzene rings is 1. The van der Waals surface area contributed by atoms with Crippen LogP contribution in [0.25, 0.3) is 0 Å². The van der Waals surface area contributed by atoms with Crippen molar-refractivity contribution in [3.8, 4) is 5.75 Å². The van der Waals surface area contributed by atoms with Gasteiger partial charge in [-0.3, -0.25) is 4.90 Å². The lowest BCUT2D eigenvalue weighted by Gasteiger charge is -2.37. The van der Waals surface area contributed by atoms with Gasteiger partial charge >= 0.3 is 0 Å². The average Bonchev–Trinajstić information content (AvgIpc) is 2.39. The van der Waals surface area contributed by atoms with Gasteiger partial charge in [-0.25, -0.2) is 0 Å². The first-order valence-electron chi connectivity index (χ1n) is 5.70. The van der Waals surface area contributed by atoms with Crippen LogP contribution >= 0.6 is 25.3 Å². The van der Waals surface area contributed by atoms with E-state index < -0.39 is 0 Å². The van der Waals surface area contributed by atoms with Crippen molar-refractivity contribution in [2.24, 2.45) is 0 Å². The molecule has 0 unspecified atom stereocenters. The van der Waals surface area contributed by atoms with Gasteiger partial charge in [-0.2, -0.15) is 0 Å². The maximum absolute atomic E-state index is 5.16. The third kappa shape index (κ3) is 3.24. The Labute approximate surface area is 114 Å². The molecule has 0 amide bonds. The van der Waals surface area contributed by atoms with Crippen LogP contribution in [0.15, 0.2) is 24.3 Å². The zero-order chi connectivity index (χ0) is 12.3. The van der Waals surface area contributed by atoms with E-state index in [1.165, 1.54) is 5.69 Å². The summed E-state index contributed by atoms with van der Waals surface area (Å²) in [7, 11) is 1.69. The minimum absolute atomic E-state index is 0.0491. The number of ether oxygens (including phenoxy) is 1. The molecular weight excluding hydrogens is 252 g/mol. The Morgan fingerprint density at radius 1 is 1.06 bits per heavy atom. The second kappa shape index (κ2) is 5.89. The van der Waals surface area contributed by atoms with Crippen molar-refractivity contribution in [1.29, 1.82) is 0 Å². The number of thiol groups is 2. The van der Waals surface area contributed by atoms with E-state index in [-0.39, 0.29) is 4.71 Å². The number of hydrogen-bond donors (Lipinski definition) is 2. The van der Waals surface area contributed by atoms with Gasteiger partial charge in [0, 0.05) is 31.9 Å². The van der Waals surface area contributed by atoms with Gasteiger partial charge in [-0.1, -0.05) is 0 Å². The van der Waals surface area contributed by atoms with Crippen molar-refractivity contribution in [2.45, 2.75) is 4.71 Å². The van der Waals surface area contributed by atoms with Crippen LogP contribution in [0.2, 0.25) is 0 Å². The fourth-order valence-electron chi connectivity index (χ4n) is 2.00. The summed E-state index contributed by atoms with van der Waals surface area (Å²) in [6.45, 7) is 4.04. The first kappa shape index (κ1) is 12.9. The zero-order valence-electron chi connectivity index (χ0n) is 9.91. The number of methoxy groups -OCH3 is 1. The molecule has 1 heterocycles. The summed E-state index contributed by atoms with van der Waals surface area (Å²) in [6, 6.07) is 8.21. The Bertz CT molecular complexity index is 348. The SMILES string of the molecule is COc1ccc(N2CCN(C(S)S)CC2)cc1. The molecule has 0 spiro atoms. The maximum Gasteiger partial charge on any atom is 0.119 e. The molecule has 94 valence electrons. The topological polar surface area (TPSA) is 15.7 Å². The van der Waals surface area contributed by atoms with Crippen LogP contribution in [0, 0.1) is 0 Å². The molecular formula is C12H18N2OS2. The standard InChI is InChI=1S/C12H18N2OS2/c1-15-11-4-2-10(3-5-11)13-6-8-14(9-7-13)12(16)17/h2-5,12,16-17H,6-9H2,1H3. The van der Waals surface area contributed by atoms with Crippen molar-refractivity contribution in [2.75, 3.05) is 38.2 Å². The third-order valence-electron chi connectivity index (χ3n) is 3.08. The molecule has 1 aliphatic heterocycles. The van der Waals surface area contributed by atoms with Crippen LogP contribution in [0.1, 0.15) is 0 Å². The highest BCUT2D eigenvalue weighted by atomic mass is 32.2. The first-order valence-corrected chi connectivity index (χ1v) is 6.73. The number of anilines is 1. The predicted molar refractivity (Wildman–Crippen MR) is 78.5 cm³/mol. The van der Waals surface area contributed by atoms with Crippen LogP contribution in [-0.2, 0) is 0 Å². The van der Waals surface area contributed by atoms with Crippen molar-refractivity contribution in [1.82, 2.24) is 4.90 Å². The van der Waals surface area contributed by atoms with Crippen LogP contribution in [0.5, 0.6) is 5.75 Å². The summed E-state index contributed by atoms with van der Waals surface area (Å²) in [5.74, 6) is 0.901. The Balaban J connectivity index is 1.95. The lowest BCUT2D eigenvalue weighted by molar-refractivity contribution is 0.287. The minimum Gasteiger partial charge on any atom is -0.497 e. The van der Waals surface area contributed by atoms with Gasteiger partial charge in [0.05, 0.1) is 11.8 Å². The van der Waals surface area contributed by atoms with Crippen LogP contribution in [0.3, 0.4) is 0 Å². The van der Waals surface area contributed by atoms with E-state index in [2.05, 4.69) is 47.2 Å². The largest absolute Gasteiger partial charge is 0.497 e. The summed E-state index contributed by atoms with van der Waals surface area (Å²) < 4.78 is 5.21. The molecule has 3 nitrogen and oxygen atoms in total. The van der Waals surface area contributed by atoms with E-state index in [1.807, 2.05) is 12.1 Å². The van der Waals surface area contributed by atoms with Crippen molar-refractivity contribution < 1.29 is 4.74 Å². The molecule has 1 aromatic rings. The second-order valence-corrected chi connectivity index (χ2v) is 5.45. The smallest absolute Gasteiger partial charge is 0.119 e. The Kier molecular flexibility index (Phi) is 4.48. The van der Waals surface area contributed by atoms with Crippen LogP contribution in [-0.4, -0.2) is 42.9 Å². The predicted octanol–water partition coefficient (Wildman–Crippen LogP) is 1.96. The number of hydrogen-bond acceptors (Lipinski definition) is 5. The molecule has 17 heavy (non-hydrogen) atoms. The molecule has 0 N–H and O–H groups in total. The lowest BCUT2D eigenvalue weighted by atomic mass is 10.2. The lowest BCUT2D eigenvalue weighted by Crippen LogP contribution is -2.47. The van der Waals surface area contributed by atoms with Gasteiger partial charge in [-0.05, 0) is 24.3 Å². The Morgan fingerprint density at radius 2 is 1.65 bits per heavy atom. The zero-order valence-corrected chi connectivity index (χ0v) is 11.7. The molecule has 0 aliphatic carbocycles.